The Morgan fingerprint density at radius 3 is 2.50 bits per heavy atom. The van der Waals surface area contributed by atoms with Gasteiger partial charge in [0.2, 0.25) is 0 Å². The highest BCUT2D eigenvalue weighted by Gasteiger charge is 2.37. The lowest BCUT2D eigenvalue weighted by atomic mass is 10.1. The number of H-pyrrole nitrogens is 1. The molecular formula is C19H20F3N5O. The van der Waals surface area contributed by atoms with Gasteiger partial charge in [-0.2, -0.15) is 18.3 Å². The zero-order valence-corrected chi connectivity index (χ0v) is 15.0. The van der Waals surface area contributed by atoms with E-state index < -0.39 is 12.2 Å². The van der Waals surface area contributed by atoms with Crippen LogP contribution in [0, 0.1) is 0 Å². The summed E-state index contributed by atoms with van der Waals surface area (Å²) in [6.07, 6.45) is 1.35. The monoisotopic (exact) mass is 391 g/mol. The van der Waals surface area contributed by atoms with Gasteiger partial charge in [0.15, 0.2) is 5.82 Å². The first-order valence-electron chi connectivity index (χ1n) is 9.14. The van der Waals surface area contributed by atoms with Crippen LogP contribution < -0.4 is 16.6 Å². The van der Waals surface area contributed by atoms with Crippen LogP contribution >= 0.6 is 0 Å². The van der Waals surface area contributed by atoms with Gasteiger partial charge in [-0.3, -0.25) is 9.48 Å². The van der Waals surface area contributed by atoms with Crippen molar-refractivity contribution in [2.24, 2.45) is 5.73 Å². The Kier molecular flexibility index (Phi) is 4.62. The number of nitrogens with two attached hydrogens (primary N) is 1. The van der Waals surface area contributed by atoms with Crippen molar-refractivity contribution in [1.82, 2.24) is 14.8 Å². The van der Waals surface area contributed by atoms with Crippen LogP contribution in [0.15, 0.2) is 41.3 Å². The summed E-state index contributed by atoms with van der Waals surface area (Å²) in [6, 6.07) is 5.66. The van der Waals surface area contributed by atoms with E-state index in [1.54, 1.807) is 6.20 Å². The molecule has 0 aliphatic heterocycles. The Balaban J connectivity index is 1.67. The number of hydrogen-bond acceptors (Lipinski definition) is 4. The third-order valence-electron chi connectivity index (χ3n) is 5.19. The summed E-state index contributed by atoms with van der Waals surface area (Å²) in [7, 11) is 0. The molecule has 9 heteroatoms. The number of anilines is 2. The molecule has 4 rings (SSSR count). The molecule has 4 N–H and O–H groups in total. The van der Waals surface area contributed by atoms with Crippen molar-refractivity contribution in [3.63, 3.8) is 0 Å². The average molecular weight is 391 g/mol. The highest BCUT2D eigenvalue weighted by atomic mass is 19.4. The Morgan fingerprint density at radius 1 is 1.18 bits per heavy atom. The van der Waals surface area contributed by atoms with Crippen molar-refractivity contribution in [2.45, 2.75) is 43.9 Å². The maximum absolute atomic E-state index is 12.8. The molecule has 28 heavy (non-hydrogen) atoms. The number of hydrogen-bond donors (Lipinski definition) is 3. The van der Waals surface area contributed by atoms with E-state index in [1.165, 1.54) is 24.3 Å². The zero-order valence-electron chi connectivity index (χ0n) is 15.0. The summed E-state index contributed by atoms with van der Waals surface area (Å²) in [6.45, 7) is 0. The molecule has 0 bridgehead atoms. The quantitative estimate of drug-likeness (QED) is 0.624. The molecule has 1 atom stereocenters. The molecule has 2 aromatic heterocycles. The van der Waals surface area contributed by atoms with Gasteiger partial charge in [-0.15, -0.1) is 0 Å². The fourth-order valence-electron chi connectivity index (χ4n) is 3.71. The standard InChI is InChI=1S/C19H20F3N5O/c20-19(21,22)16(23)11-5-7-12(8-6-11)25-17-15-14(9-10-24-18(15)28)27(26-17)13-3-1-2-4-13/h5-10,13,16H,1-4,23H2,(H,24,28)(H,25,26). The van der Waals surface area contributed by atoms with Crippen molar-refractivity contribution in [1.29, 1.82) is 0 Å². The van der Waals surface area contributed by atoms with E-state index in [4.69, 9.17) is 5.73 Å². The summed E-state index contributed by atoms with van der Waals surface area (Å²) in [4.78, 5) is 15.0. The lowest BCUT2D eigenvalue weighted by molar-refractivity contribution is -0.149. The predicted octanol–water partition coefficient (Wildman–Crippen LogP) is 4.15. The van der Waals surface area contributed by atoms with Crippen LogP contribution in [0.4, 0.5) is 24.7 Å². The van der Waals surface area contributed by atoms with Crippen LogP contribution in [0.1, 0.15) is 43.3 Å². The highest BCUT2D eigenvalue weighted by Crippen LogP contribution is 2.34. The van der Waals surface area contributed by atoms with E-state index in [0.29, 0.717) is 16.9 Å². The van der Waals surface area contributed by atoms with Gasteiger partial charge >= 0.3 is 6.18 Å². The third-order valence-corrected chi connectivity index (χ3v) is 5.19. The van der Waals surface area contributed by atoms with Gasteiger partial charge in [-0.25, -0.2) is 0 Å². The number of benzene rings is 1. The lowest BCUT2D eigenvalue weighted by Gasteiger charge is -2.16. The maximum Gasteiger partial charge on any atom is 0.407 e. The maximum atomic E-state index is 12.8. The largest absolute Gasteiger partial charge is 0.407 e. The van der Waals surface area contributed by atoms with Crippen LogP contribution in [0.5, 0.6) is 0 Å². The number of pyridine rings is 1. The van der Waals surface area contributed by atoms with Gasteiger partial charge in [0.05, 0.1) is 11.6 Å². The number of nitrogens with one attached hydrogen (secondary N) is 2. The summed E-state index contributed by atoms with van der Waals surface area (Å²) in [5.74, 6) is 0.386. The second-order valence-electron chi connectivity index (χ2n) is 7.06. The van der Waals surface area contributed by atoms with Crippen molar-refractivity contribution < 1.29 is 13.2 Å². The third kappa shape index (κ3) is 3.37. The fraction of sp³-hybridized carbons (Fsp3) is 0.368. The molecule has 1 unspecified atom stereocenters. The van der Waals surface area contributed by atoms with Crippen molar-refractivity contribution in [3.05, 3.63) is 52.4 Å². The molecule has 3 aromatic rings. The van der Waals surface area contributed by atoms with E-state index in [-0.39, 0.29) is 17.2 Å². The molecular weight excluding hydrogens is 371 g/mol. The Labute approximate surface area is 158 Å². The minimum atomic E-state index is -4.50. The van der Waals surface area contributed by atoms with E-state index in [1.807, 2.05) is 10.7 Å². The van der Waals surface area contributed by atoms with Crippen molar-refractivity contribution >= 4 is 22.4 Å². The molecule has 1 fully saturated rings. The fourth-order valence-corrected chi connectivity index (χ4v) is 3.71. The normalized spacial score (nSPS) is 16.6. The summed E-state index contributed by atoms with van der Waals surface area (Å²) >= 11 is 0. The Morgan fingerprint density at radius 2 is 1.86 bits per heavy atom. The molecule has 6 nitrogen and oxygen atoms in total. The van der Waals surface area contributed by atoms with Gasteiger partial charge in [0.25, 0.3) is 5.56 Å². The van der Waals surface area contributed by atoms with E-state index in [0.717, 1.165) is 31.2 Å². The number of aromatic amines is 1. The first-order valence-corrected chi connectivity index (χ1v) is 9.14. The van der Waals surface area contributed by atoms with Gasteiger partial charge in [-0.05, 0) is 36.6 Å². The number of fused-ring (bicyclic) bond motifs is 1. The first kappa shape index (κ1) is 18.5. The van der Waals surface area contributed by atoms with Gasteiger partial charge < -0.3 is 16.0 Å². The SMILES string of the molecule is NC(c1ccc(Nc2nn(C3CCCC3)c3cc[nH]c(=O)c23)cc1)C(F)(F)F. The molecule has 0 saturated heterocycles. The Bertz CT molecular complexity index is 1030. The second kappa shape index (κ2) is 6.97. The van der Waals surface area contributed by atoms with Crippen LogP contribution in [0.3, 0.4) is 0 Å². The average Bonchev–Trinajstić information content (AvgIpc) is 3.30. The van der Waals surface area contributed by atoms with Gasteiger partial charge in [0.1, 0.15) is 11.4 Å². The number of halogens is 3. The molecule has 1 aliphatic carbocycles. The summed E-state index contributed by atoms with van der Waals surface area (Å²) < 4.78 is 40.2. The summed E-state index contributed by atoms with van der Waals surface area (Å²) in [5, 5.41) is 8.10. The highest BCUT2D eigenvalue weighted by molar-refractivity contribution is 5.91. The Hall–Kier alpha value is -2.81. The van der Waals surface area contributed by atoms with Gasteiger partial charge in [0, 0.05) is 11.9 Å². The second-order valence-corrected chi connectivity index (χ2v) is 7.06. The van der Waals surface area contributed by atoms with E-state index >= 15 is 0 Å². The number of rotatable bonds is 4. The van der Waals surface area contributed by atoms with Crippen LogP contribution in [-0.4, -0.2) is 20.9 Å². The van der Waals surface area contributed by atoms with Crippen LogP contribution in [0.25, 0.3) is 10.9 Å². The van der Waals surface area contributed by atoms with Gasteiger partial charge in [-0.1, -0.05) is 25.0 Å². The molecule has 0 spiro atoms. The van der Waals surface area contributed by atoms with Crippen molar-refractivity contribution in [3.8, 4) is 0 Å². The molecule has 0 amide bonds. The van der Waals surface area contributed by atoms with Crippen LogP contribution in [-0.2, 0) is 0 Å². The molecule has 1 aromatic carbocycles. The minimum Gasteiger partial charge on any atom is -0.338 e. The molecule has 148 valence electrons. The van der Waals surface area contributed by atoms with E-state index in [2.05, 4.69) is 15.4 Å². The number of nitrogens with zero attached hydrogens (tertiary/aromatic N) is 2. The van der Waals surface area contributed by atoms with Crippen LogP contribution in [0.2, 0.25) is 0 Å². The topological polar surface area (TPSA) is 88.7 Å². The number of alkyl halides is 3. The van der Waals surface area contributed by atoms with Crippen molar-refractivity contribution in [2.75, 3.05) is 5.32 Å². The lowest BCUT2D eigenvalue weighted by Crippen LogP contribution is -2.28. The zero-order chi connectivity index (χ0) is 19.9. The molecule has 1 saturated carbocycles. The molecule has 2 heterocycles. The summed E-state index contributed by atoms with van der Waals surface area (Å²) in [5.41, 5.74) is 6.21. The number of aromatic nitrogens is 3. The minimum absolute atomic E-state index is 0.0303. The smallest absolute Gasteiger partial charge is 0.338 e. The molecule has 0 radical (unpaired) electrons. The predicted molar refractivity (Wildman–Crippen MR) is 101 cm³/mol. The van der Waals surface area contributed by atoms with E-state index in [9.17, 15) is 18.0 Å². The molecule has 1 aliphatic rings. The first-order chi connectivity index (χ1) is 13.3.